The Labute approximate surface area is 94.5 Å². The van der Waals surface area contributed by atoms with E-state index in [9.17, 15) is 0 Å². The molecule has 0 aromatic rings. The van der Waals surface area contributed by atoms with Crippen molar-refractivity contribution >= 4 is 0 Å². The summed E-state index contributed by atoms with van der Waals surface area (Å²) in [5.41, 5.74) is 0. The largest absolute Gasteiger partial charge is 0.377 e. The smallest absolute Gasteiger partial charge is 0.0703 e. The van der Waals surface area contributed by atoms with E-state index in [0.717, 1.165) is 13.2 Å². The molecule has 0 aliphatic heterocycles. The van der Waals surface area contributed by atoms with E-state index in [1.54, 1.807) is 0 Å². The van der Waals surface area contributed by atoms with E-state index in [-0.39, 0.29) is 0 Å². The second-order valence-electron chi connectivity index (χ2n) is 4.04. The maximum Gasteiger partial charge on any atom is 0.0703 e. The lowest BCUT2D eigenvalue weighted by atomic mass is 10.2. The van der Waals surface area contributed by atoms with E-state index >= 15 is 0 Å². The Hall–Kier alpha value is -0.120. The fraction of sp³-hybridized carbons (Fsp3) is 1.00. The zero-order chi connectivity index (χ0) is 11.5. The summed E-state index contributed by atoms with van der Waals surface area (Å²) in [6, 6.07) is 0.499. The van der Waals surface area contributed by atoms with Crippen molar-refractivity contribution < 1.29 is 9.47 Å². The van der Waals surface area contributed by atoms with E-state index in [0.29, 0.717) is 25.4 Å². The van der Waals surface area contributed by atoms with Gasteiger partial charge >= 0.3 is 0 Å². The minimum Gasteiger partial charge on any atom is -0.377 e. The number of nitrogens with one attached hydrogen (secondary N) is 1. The molecule has 0 fully saturated rings. The summed E-state index contributed by atoms with van der Waals surface area (Å²) < 4.78 is 11.0. The van der Waals surface area contributed by atoms with Gasteiger partial charge < -0.3 is 14.8 Å². The summed E-state index contributed by atoms with van der Waals surface area (Å²) in [6.45, 7) is 11.6. The van der Waals surface area contributed by atoms with Gasteiger partial charge in [-0.2, -0.15) is 0 Å². The molecule has 0 amide bonds. The van der Waals surface area contributed by atoms with Gasteiger partial charge in [-0.1, -0.05) is 20.3 Å². The highest BCUT2D eigenvalue weighted by Gasteiger charge is 2.05. The molecule has 0 aromatic heterocycles. The Balaban J connectivity index is 3.36. The van der Waals surface area contributed by atoms with Crippen molar-refractivity contribution in [3.05, 3.63) is 0 Å². The van der Waals surface area contributed by atoms with Crippen LogP contribution in [0.5, 0.6) is 0 Å². The highest BCUT2D eigenvalue weighted by molar-refractivity contribution is 4.63. The maximum absolute atomic E-state index is 5.56. The van der Waals surface area contributed by atoms with Gasteiger partial charge in [0.05, 0.1) is 25.9 Å². The zero-order valence-electron chi connectivity index (χ0n) is 10.7. The molecule has 1 unspecified atom stereocenters. The Morgan fingerprint density at radius 1 is 1.13 bits per heavy atom. The number of ether oxygens (including phenoxy) is 2. The van der Waals surface area contributed by atoms with Gasteiger partial charge in [0, 0.05) is 6.04 Å². The second-order valence-corrected chi connectivity index (χ2v) is 4.04. The first-order chi connectivity index (χ1) is 7.20. The third-order valence-electron chi connectivity index (χ3n) is 2.13. The molecule has 1 N–H and O–H groups in total. The summed E-state index contributed by atoms with van der Waals surface area (Å²) in [7, 11) is 0. The van der Waals surface area contributed by atoms with E-state index in [4.69, 9.17) is 9.47 Å². The van der Waals surface area contributed by atoms with E-state index in [2.05, 4.69) is 19.2 Å². The van der Waals surface area contributed by atoms with Crippen molar-refractivity contribution in [3.8, 4) is 0 Å². The van der Waals surface area contributed by atoms with Crippen molar-refractivity contribution in [1.29, 1.82) is 0 Å². The molecule has 15 heavy (non-hydrogen) atoms. The summed E-state index contributed by atoms with van der Waals surface area (Å²) in [5, 5.41) is 3.42. The first kappa shape index (κ1) is 14.9. The van der Waals surface area contributed by atoms with E-state index < -0.39 is 0 Å². The van der Waals surface area contributed by atoms with Crippen LogP contribution in [0.1, 0.15) is 40.5 Å². The van der Waals surface area contributed by atoms with Gasteiger partial charge in [0.15, 0.2) is 0 Å². The normalized spacial score (nSPS) is 13.4. The summed E-state index contributed by atoms with van der Waals surface area (Å²) in [5.74, 6) is 0. The first-order valence-electron chi connectivity index (χ1n) is 6.13. The molecule has 0 bridgehead atoms. The molecule has 92 valence electrons. The Bertz CT molecular complexity index is 123. The van der Waals surface area contributed by atoms with Crippen molar-refractivity contribution in [2.45, 2.75) is 52.7 Å². The topological polar surface area (TPSA) is 30.5 Å². The Morgan fingerprint density at radius 3 is 2.40 bits per heavy atom. The molecule has 0 saturated heterocycles. The predicted octanol–water partition coefficient (Wildman–Crippen LogP) is 2.21. The van der Waals surface area contributed by atoms with Crippen LogP contribution in [0.2, 0.25) is 0 Å². The molecule has 0 spiro atoms. The van der Waals surface area contributed by atoms with Crippen LogP contribution in [0.25, 0.3) is 0 Å². The lowest BCUT2D eigenvalue weighted by Gasteiger charge is -2.17. The quantitative estimate of drug-likeness (QED) is 0.569. The van der Waals surface area contributed by atoms with Gasteiger partial charge in [-0.25, -0.2) is 0 Å². The van der Waals surface area contributed by atoms with Crippen molar-refractivity contribution in [1.82, 2.24) is 5.32 Å². The highest BCUT2D eigenvalue weighted by atomic mass is 16.5. The number of likely N-dealkylation sites (N-methyl/N-ethyl adjacent to an activating group) is 1. The molecule has 1 atom stereocenters. The lowest BCUT2D eigenvalue weighted by Crippen LogP contribution is -2.33. The van der Waals surface area contributed by atoms with Gasteiger partial charge in [0.1, 0.15) is 0 Å². The van der Waals surface area contributed by atoms with Gasteiger partial charge in [-0.15, -0.1) is 0 Å². The summed E-state index contributed by atoms with van der Waals surface area (Å²) in [4.78, 5) is 0. The third-order valence-corrected chi connectivity index (χ3v) is 2.13. The van der Waals surface area contributed by atoms with Crippen LogP contribution < -0.4 is 5.32 Å². The van der Waals surface area contributed by atoms with Gasteiger partial charge in [0.25, 0.3) is 0 Å². The molecule has 0 radical (unpaired) electrons. The standard InChI is InChI=1S/C12H27NO2/c1-5-7-12(13-6-2)10-14-8-9-15-11(3)4/h11-13H,5-10H2,1-4H3. The molecule has 0 heterocycles. The second kappa shape index (κ2) is 10.4. The highest BCUT2D eigenvalue weighted by Crippen LogP contribution is 1.97. The van der Waals surface area contributed by atoms with Crippen LogP contribution in [-0.2, 0) is 9.47 Å². The SMILES string of the molecule is CCCC(COCCOC(C)C)NCC. The van der Waals surface area contributed by atoms with Crippen LogP contribution in [0, 0.1) is 0 Å². The molecule has 0 rings (SSSR count). The van der Waals surface area contributed by atoms with E-state index in [1.807, 2.05) is 13.8 Å². The Morgan fingerprint density at radius 2 is 1.87 bits per heavy atom. The van der Waals surface area contributed by atoms with Crippen LogP contribution in [0.15, 0.2) is 0 Å². The van der Waals surface area contributed by atoms with Gasteiger partial charge in [0.2, 0.25) is 0 Å². The fourth-order valence-electron chi connectivity index (χ4n) is 1.45. The van der Waals surface area contributed by atoms with Crippen molar-refractivity contribution in [3.63, 3.8) is 0 Å². The zero-order valence-corrected chi connectivity index (χ0v) is 10.7. The minimum atomic E-state index is 0.300. The molecule has 3 heteroatoms. The fourth-order valence-corrected chi connectivity index (χ4v) is 1.45. The molecular formula is C12H27NO2. The molecule has 0 aliphatic carbocycles. The minimum absolute atomic E-state index is 0.300. The average Bonchev–Trinajstić information content (AvgIpc) is 2.17. The average molecular weight is 217 g/mol. The number of hydrogen-bond donors (Lipinski definition) is 1. The molecule has 0 aliphatic rings. The van der Waals surface area contributed by atoms with Crippen LogP contribution in [0.3, 0.4) is 0 Å². The van der Waals surface area contributed by atoms with Gasteiger partial charge in [-0.3, -0.25) is 0 Å². The van der Waals surface area contributed by atoms with Crippen molar-refractivity contribution in [2.24, 2.45) is 0 Å². The van der Waals surface area contributed by atoms with Crippen LogP contribution >= 0.6 is 0 Å². The van der Waals surface area contributed by atoms with Crippen LogP contribution in [0.4, 0.5) is 0 Å². The number of hydrogen-bond acceptors (Lipinski definition) is 3. The molecule has 3 nitrogen and oxygen atoms in total. The number of rotatable bonds is 10. The third kappa shape index (κ3) is 10.2. The summed E-state index contributed by atoms with van der Waals surface area (Å²) >= 11 is 0. The molecule has 0 saturated carbocycles. The van der Waals surface area contributed by atoms with Crippen LogP contribution in [-0.4, -0.2) is 38.5 Å². The summed E-state index contributed by atoms with van der Waals surface area (Å²) in [6.07, 6.45) is 2.68. The predicted molar refractivity (Wildman–Crippen MR) is 64.3 cm³/mol. The lowest BCUT2D eigenvalue weighted by molar-refractivity contribution is 0.0134. The van der Waals surface area contributed by atoms with Gasteiger partial charge in [-0.05, 0) is 26.8 Å². The van der Waals surface area contributed by atoms with Crippen molar-refractivity contribution in [2.75, 3.05) is 26.4 Å². The molecule has 0 aromatic carbocycles. The molecular weight excluding hydrogens is 190 g/mol. The monoisotopic (exact) mass is 217 g/mol. The van der Waals surface area contributed by atoms with E-state index in [1.165, 1.54) is 12.8 Å². The first-order valence-corrected chi connectivity index (χ1v) is 6.13. The maximum atomic E-state index is 5.56. The Kier molecular flexibility index (Phi) is 10.3.